The molecule has 4 fully saturated rings. The molecule has 0 saturated heterocycles. The predicted octanol–water partition coefficient (Wildman–Crippen LogP) is -0.228. The molecule has 1 unspecified atom stereocenters. The summed E-state index contributed by atoms with van der Waals surface area (Å²) in [5.41, 5.74) is 4.26. The van der Waals surface area contributed by atoms with Gasteiger partial charge in [-0.15, -0.1) is 5.34 Å². The van der Waals surface area contributed by atoms with Gasteiger partial charge in [0.2, 0.25) is 0 Å². The third-order valence-electron chi connectivity index (χ3n) is 4.56. The number of hydrogen-bond acceptors (Lipinski definition) is 6. The maximum absolute atomic E-state index is 11.0. The van der Waals surface area contributed by atoms with E-state index in [0.29, 0.717) is 0 Å². The van der Waals surface area contributed by atoms with Crippen molar-refractivity contribution in [1.82, 2.24) is 11.2 Å². The van der Waals surface area contributed by atoms with Crippen molar-refractivity contribution in [3.05, 3.63) is 5.21 Å². The van der Waals surface area contributed by atoms with E-state index in [1.54, 1.807) is 0 Å². The molecule has 4 saturated carbocycles. The molecule has 0 aliphatic heterocycles. The molecule has 0 aromatic carbocycles. The maximum Gasteiger partial charge on any atom is 0.0933 e. The third kappa shape index (κ3) is 2.53. The van der Waals surface area contributed by atoms with Gasteiger partial charge in [-0.1, -0.05) is 4.94 Å². The first-order chi connectivity index (χ1) is 8.69. The summed E-state index contributed by atoms with van der Waals surface area (Å²) in [7, 11) is 1.35. The van der Waals surface area contributed by atoms with Crippen LogP contribution < -0.4 is 16.6 Å². The molecule has 0 radical (unpaired) electrons. The summed E-state index contributed by atoms with van der Waals surface area (Å²) in [6.07, 6.45) is 7.32. The molecule has 0 aromatic rings. The Bertz CT molecular complexity index is 267. The second-order valence-corrected chi connectivity index (χ2v) is 5.98. The van der Waals surface area contributed by atoms with E-state index in [0.717, 1.165) is 37.0 Å². The van der Waals surface area contributed by atoms with E-state index in [2.05, 4.69) is 21.0 Å². The van der Waals surface area contributed by atoms with Crippen LogP contribution in [0.4, 0.5) is 0 Å². The Morgan fingerprint density at radius 3 is 2.17 bits per heavy atom. The lowest BCUT2D eigenvalue weighted by atomic mass is 9.54. The summed E-state index contributed by atoms with van der Waals surface area (Å²) in [5, 5.41) is 10.3. The van der Waals surface area contributed by atoms with Crippen molar-refractivity contribution >= 4 is 0 Å². The Kier molecular flexibility index (Phi) is 3.55. The molecule has 4 aliphatic carbocycles. The maximum atomic E-state index is 11.0. The average Bonchev–Trinajstić information content (AvgIpc) is 2.26. The first-order valence-corrected chi connectivity index (χ1v) is 6.62. The summed E-state index contributed by atoms with van der Waals surface area (Å²) < 4.78 is 0. The third-order valence-corrected chi connectivity index (χ3v) is 4.56. The second kappa shape index (κ2) is 5.01. The summed E-state index contributed by atoms with van der Waals surface area (Å²) in [6.45, 7) is 0. The van der Waals surface area contributed by atoms with E-state index in [9.17, 15) is 5.21 Å². The normalized spacial score (nSPS) is 43.3. The van der Waals surface area contributed by atoms with Crippen molar-refractivity contribution in [3.63, 3.8) is 0 Å². The van der Waals surface area contributed by atoms with Crippen LogP contribution in [-0.4, -0.2) is 12.7 Å². The molecule has 104 valence electrons. The molecule has 4 rings (SSSR count). The smallest absolute Gasteiger partial charge is 0.0933 e. The Hall–Kier alpha value is -0.280. The highest BCUT2D eigenvalue weighted by Crippen LogP contribution is 2.56. The van der Waals surface area contributed by atoms with Gasteiger partial charge in [0, 0.05) is 0 Å². The van der Waals surface area contributed by atoms with Gasteiger partial charge in [-0.25, -0.2) is 0 Å². The lowest BCUT2D eigenvalue weighted by Gasteiger charge is -2.55. The largest absolute Gasteiger partial charge is 0.576 e. The van der Waals surface area contributed by atoms with Crippen LogP contribution in [0.5, 0.6) is 0 Å². The van der Waals surface area contributed by atoms with Crippen LogP contribution in [0, 0.1) is 23.0 Å². The van der Waals surface area contributed by atoms with Gasteiger partial charge in [0.15, 0.2) is 0 Å². The topological polar surface area (TPSA) is 79.2 Å². The fourth-order valence-corrected chi connectivity index (χ4v) is 4.41. The SMILES string of the molecule is CON[NH+]([O-])ONOC12CC3CC(CC(C3)C1)C2. The van der Waals surface area contributed by atoms with Gasteiger partial charge in [0.1, 0.15) is 0 Å². The van der Waals surface area contributed by atoms with Gasteiger partial charge in [-0.3, -0.25) is 9.68 Å². The van der Waals surface area contributed by atoms with E-state index in [4.69, 9.17) is 4.84 Å². The van der Waals surface area contributed by atoms with Crippen LogP contribution in [0.3, 0.4) is 0 Å². The minimum Gasteiger partial charge on any atom is -0.576 e. The standard InChI is InChI=1S/C11H21N3O4/c1-16-12-14(15)18-13-17-11-5-8-2-9(6-11)4-10(3-8)7-11/h8-10,12-14H,2-7H2,1H3. The van der Waals surface area contributed by atoms with E-state index < -0.39 is 5.34 Å². The first-order valence-electron chi connectivity index (χ1n) is 6.62. The molecular weight excluding hydrogens is 238 g/mol. The average molecular weight is 259 g/mol. The fourth-order valence-electron chi connectivity index (χ4n) is 4.41. The Morgan fingerprint density at radius 2 is 1.67 bits per heavy atom. The molecule has 7 nitrogen and oxygen atoms in total. The Balaban J connectivity index is 1.50. The van der Waals surface area contributed by atoms with Crippen molar-refractivity contribution in [2.45, 2.75) is 44.1 Å². The van der Waals surface area contributed by atoms with Crippen molar-refractivity contribution < 1.29 is 19.9 Å². The summed E-state index contributed by atoms with van der Waals surface area (Å²) in [6, 6.07) is 0. The van der Waals surface area contributed by atoms with Crippen molar-refractivity contribution in [2.24, 2.45) is 17.8 Å². The van der Waals surface area contributed by atoms with Crippen LogP contribution >= 0.6 is 0 Å². The van der Waals surface area contributed by atoms with Crippen LogP contribution in [0.25, 0.3) is 0 Å². The van der Waals surface area contributed by atoms with E-state index >= 15 is 0 Å². The lowest BCUT2D eigenvalue weighted by molar-refractivity contribution is -1.12. The summed E-state index contributed by atoms with van der Waals surface area (Å²) in [4.78, 5) is 14.8. The molecule has 7 heteroatoms. The molecule has 0 amide bonds. The molecule has 4 aliphatic rings. The molecular formula is C11H21N3O4. The molecule has 3 N–H and O–H groups in total. The zero-order valence-corrected chi connectivity index (χ0v) is 10.6. The minimum absolute atomic E-state index is 0.123. The fraction of sp³-hybridized carbons (Fsp3) is 1.00. The highest BCUT2D eigenvalue weighted by molar-refractivity contribution is 5.02. The van der Waals surface area contributed by atoms with Crippen molar-refractivity contribution in [2.75, 3.05) is 7.11 Å². The Labute approximate surface area is 106 Å². The quantitative estimate of drug-likeness (QED) is 0.572. The van der Waals surface area contributed by atoms with Gasteiger partial charge in [-0.05, 0) is 67.5 Å². The van der Waals surface area contributed by atoms with E-state index in [1.165, 1.54) is 26.4 Å². The zero-order valence-electron chi connectivity index (χ0n) is 10.6. The van der Waals surface area contributed by atoms with Gasteiger partial charge in [-0.2, -0.15) is 0 Å². The van der Waals surface area contributed by atoms with Gasteiger partial charge >= 0.3 is 0 Å². The van der Waals surface area contributed by atoms with E-state index in [-0.39, 0.29) is 5.60 Å². The van der Waals surface area contributed by atoms with Crippen molar-refractivity contribution in [1.29, 1.82) is 0 Å². The second-order valence-electron chi connectivity index (χ2n) is 5.98. The molecule has 4 bridgehead atoms. The van der Waals surface area contributed by atoms with E-state index in [1.807, 2.05) is 0 Å². The highest BCUT2D eigenvalue weighted by Gasteiger charge is 2.52. The molecule has 0 heterocycles. The number of rotatable bonds is 6. The highest BCUT2D eigenvalue weighted by atomic mass is 17.1. The zero-order chi connectivity index (χ0) is 12.6. The lowest BCUT2D eigenvalue weighted by Crippen LogP contribution is -3.14. The number of quaternary nitrogens is 1. The molecule has 0 spiro atoms. The monoisotopic (exact) mass is 259 g/mol. The summed E-state index contributed by atoms with van der Waals surface area (Å²) >= 11 is 0. The summed E-state index contributed by atoms with van der Waals surface area (Å²) in [5.74, 6) is 2.39. The molecule has 0 aromatic heterocycles. The predicted molar refractivity (Wildman–Crippen MR) is 60.7 cm³/mol. The van der Waals surface area contributed by atoms with Crippen LogP contribution in [0.15, 0.2) is 0 Å². The van der Waals surface area contributed by atoms with Gasteiger partial charge in [0.25, 0.3) is 0 Å². The van der Waals surface area contributed by atoms with Gasteiger partial charge < -0.3 is 5.21 Å². The molecule has 1 atom stereocenters. The number of hydrogen-bond donors (Lipinski definition) is 3. The first kappa shape index (κ1) is 12.7. The van der Waals surface area contributed by atoms with Crippen molar-refractivity contribution in [3.8, 4) is 0 Å². The molecule has 18 heavy (non-hydrogen) atoms. The van der Waals surface area contributed by atoms with Crippen LogP contribution in [0.1, 0.15) is 38.5 Å². The van der Waals surface area contributed by atoms with Gasteiger partial charge in [0.05, 0.1) is 12.7 Å². The van der Waals surface area contributed by atoms with Crippen LogP contribution in [0.2, 0.25) is 0 Å². The van der Waals surface area contributed by atoms with Crippen LogP contribution in [-0.2, 0) is 14.6 Å². The Morgan fingerprint density at radius 1 is 1.11 bits per heavy atom. The minimum atomic E-state index is -0.706. The number of nitrogens with one attached hydrogen (secondary N) is 3.